The first-order valence-electron chi connectivity index (χ1n) is 7.43. The first-order valence-corrected chi connectivity index (χ1v) is 7.43. The van der Waals surface area contributed by atoms with Crippen LogP contribution in [0.25, 0.3) is 32.7 Å². The highest BCUT2D eigenvalue weighted by Gasteiger charge is 2.26. The van der Waals surface area contributed by atoms with Gasteiger partial charge in [-0.3, -0.25) is 4.79 Å². The van der Waals surface area contributed by atoms with Gasteiger partial charge in [0.2, 0.25) is 0 Å². The van der Waals surface area contributed by atoms with Crippen LogP contribution in [0.4, 0.5) is 0 Å². The Hall–Kier alpha value is -2.93. The van der Waals surface area contributed by atoms with Crippen molar-refractivity contribution < 1.29 is 4.79 Å². The summed E-state index contributed by atoms with van der Waals surface area (Å²) in [6, 6.07) is 24.5. The lowest BCUT2D eigenvalue weighted by atomic mass is 9.80. The normalized spacial score (nSPS) is 12.6. The molecule has 22 heavy (non-hydrogen) atoms. The SMILES string of the molecule is O=C1c2ccccc2-c2cccc3cc4ccccc4c1c23. The fraction of sp³-hybridized carbons (Fsp3) is 0. The highest BCUT2D eigenvalue weighted by molar-refractivity contribution is 6.31. The highest BCUT2D eigenvalue weighted by atomic mass is 16.1. The number of ketones is 1. The third-order valence-electron chi connectivity index (χ3n) is 4.58. The van der Waals surface area contributed by atoms with Gasteiger partial charge in [-0.25, -0.2) is 0 Å². The van der Waals surface area contributed by atoms with E-state index >= 15 is 0 Å². The molecule has 1 heteroatoms. The summed E-state index contributed by atoms with van der Waals surface area (Å²) in [5.74, 6) is 0.135. The maximum absolute atomic E-state index is 13.1. The second kappa shape index (κ2) is 4.05. The summed E-state index contributed by atoms with van der Waals surface area (Å²) in [7, 11) is 0. The third kappa shape index (κ3) is 1.35. The van der Waals surface area contributed by atoms with Gasteiger partial charge in [-0.05, 0) is 33.4 Å². The molecule has 0 heterocycles. The molecule has 0 fully saturated rings. The Morgan fingerprint density at radius 2 is 1.27 bits per heavy atom. The minimum Gasteiger partial charge on any atom is -0.289 e. The van der Waals surface area contributed by atoms with Crippen molar-refractivity contribution in [3.63, 3.8) is 0 Å². The van der Waals surface area contributed by atoms with E-state index in [-0.39, 0.29) is 5.78 Å². The largest absolute Gasteiger partial charge is 0.289 e. The van der Waals surface area contributed by atoms with Crippen LogP contribution in [0.15, 0.2) is 72.8 Å². The summed E-state index contributed by atoms with van der Waals surface area (Å²) in [6.07, 6.45) is 0. The van der Waals surface area contributed by atoms with Crippen molar-refractivity contribution in [3.8, 4) is 11.1 Å². The van der Waals surface area contributed by atoms with Crippen LogP contribution in [0.5, 0.6) is 0 Å². The average Bonchev–Trinajstić information content (AvgIpc) is 2.58. The predicted octanol–water partition coefficient (Wildman–Crippen LogP) is 5.20. The van der Waals surface area contributed by atoms with Crippen molar-refractivity contribution in [2.75, 3.05) is 0 Å². The molecular formula is C21H12O. The quantitative estimate of drug-likeness (QED) is 0.356. The van der Waals surface area contributed by atoms with Crippen LogP contribution in [0.3, 0.4) is 0 Å². The van der Waals surface area contributed by atoms with Crippen LogP contribution in [0.2, 0.25) is 0 Å². The Balaban J connectivity index is 2.11. The van der Waals surface area contributed by atoms with Crippen LogP contribution < -0.4 is 0 Å². The number of fused-ring (bicyclic) bond motifs is 4. The Labute approximate surface area is 127 Å². The predicted molar refractivity (Wildman–Crippen MR) is 90.3 cm³/mol. The molecule has 0 spiro atoms. The third-order valence-corrected chi connectivity index (χ3v) is 4.58. The van der Waals surface area contributed by atoms with Gasteiger partial charge in [0.15, 0.2) is 5.78 Å². The molecular weight excluding hydrogens is 268 g/mol. The second-order valence-electron chi connectivity index (χ2n) is 5.75. The van der Waals surface area contributed by atoms with Gasteiger partial charge in [0.1, 0.15) is 0 Å². The molecule has 0 saturated heterocycles. The van der Waals surface area contributed by atoms with Crippen molar-refractivity contribution in [1.29, 1.82) is 0 Å². The molecule has 4 aromatic rings. The summed E-state index contributed by atoms with van der Waals surface area (Å²) in [5, 5.41) is 4.38. The molecule has 0 atom stereocenters. The molecule has 0 bridgehead atoms. The van der Waals surface area contributed by atoms with E-state index in [1.54, 1.807) is 0 Å². The minimum absolute atomic E-state index is 0.135. The van der Waals surface area contributed by atoms with Gasteiger partial charge in [-0.2, -0.15) is 0 Å². The van der Waals surface area contributed by atoms with E-state index in [0.717, 1.165) is 43.8 Å². The lowest BCUT2D eigenvalue weighted by Crippen LogP contribution is -2.10. The molecule has 0 amide bonds. The van der Waals surface area contributed by atoms with E-state index < -0.39 is 0 Å². The van der Waals surface area contributed by atoms with E-state index in [2.05, 4.69) is 30.3 Å². The standard InChI is InChI=1S/C21H12O/c22-21-18-10-4-3-9-16(18)17-11-5-7-14-12-13-6-1-2-8-15(13)20(21)19(14)17/h1-12H. The monoisotopic (exact) mass is 280 g/mol. The van der Waals surface area contributed by atoms with Gasteiger partial charge >= 0.3 is 0 Å². The number of hydrogen-bond donors (Lipinski definition) is 0. The topological polar surface area (TPSA) is 17.1 Å². The maximum atomic E-state index is 13.1. The van der Waals surface area contributed by atoms with Gasteiger partial charge in [0.25, 0.3) is 0 Å². The molecule has 1 aliphatic carbocycles. The number of carbonyl (C=O) groups excluding carboxylic acids is 1. The summed E-state index contributed by atoms with van der Waals surface area (Å²) in [5.41, 5.74) is 3.86. The van der Waals surface area contributed by atoms with Gasteiger partial charge in [0, 0.05) is 16.5 Å². The molecule has 1 aliphatic rings. The zero-order valence-corrected chi connectivity index (χ0v) is 11.8. The first kappa shape index (κ1) is 11.7. The van der Waals surface area contributed by atoms with Crippen LogP contribution in [-0.4, -0.2) is 5.78 Å². The summed E-state index contributed by atoms with van der Waals surface area (Å²) >= 11 is 0. The molecule has 0 radical (unpaired) electrons. The molecule has 5 rings (SSSR count). The zero-order chi connectivity index (χ0) is 14.7. The molecule has 0 N–H and O–H groups in total. The lowest BCUT2D eigenvalue weighted by Gasteiger charge is -2.21. The molecule has 0 aromatic heterocycles. The number of rotatable bonds is 0. The van der Waals surface area contributed by atoms with Crippen LogP contribution in [-0.2, 0) is 0 Å². The Morgan fingerprint density at radius 3 is 2.18 bits per heavy atom. The maximum Gasteiger partial charge on any atom is 0.194 e. The average molecular weight is 280 g/mol. The van der Waals surface area contributed by atoms with Gasteiger partial charge in [-0.15, -0.1) is 0 Å². The smallest absolute Gasteiger partial charge is 0.194 e. The summed E-state index contributed by atoms with van der Waals surface area (Å²) in [6.45, 7) is 0. The molecule has 0 unspecified atom stereocenters. The Morgan fingerprint density at radius 1 is 0.591 bits per heavy atom. The Kier molecular flexibility index (Phi) is 2.15. The summed E-state index contributed by atoms with van der Waals surface area (Å²) < 4.78 is 0. The fourth-order valence-corrected chi connectivity index (χ4v) is 3.63. The zero-order valence-electron chi connectivity index (χ0n) is 11.8. The fourth-order valence-electron chi connectivity index (χ4n) is 3.63. The number of carbonyl (C=O) groups is 1. The molecule has 0 saturated carbocycles. The van der Waals surface area contributed by atoms with Crippen molar-refractivity contribution in [3.05, 3.63) is 83.9 Å². The van der Waals surface area contributed by atoms with Crippen molar-refractivity contribution in [2.45, 2.75) is 0 Å². The number of benzene rings is 4. The van der Waals surface area contributed by atoms with Crippen LogP contribution in [0.1, 0.15) is 15.9 Å². The van der Waals surface area contributed by atoms with Crippen LogP contribution >= 0.6 is 0 Å². The molecule has 102 valence electrons. The van der Waals surface area contributed by atoms with E-state index in [1.165, 1.54) is 0 Å². The van der Waals surface area contributed by atoms with Crippen molar-refractivity contribution >= 4 is 27.3 Å². The second-order valence-corrected chi connectivity index (χ2v) is 5.75. The van der Waals surface area contributed by atoms with E-state index in [0.29, 0.717) is 0 Å². The van der Waals surface area contributed by atoms with E-state index in [1.807, 2.05) is 42.5 Å². The Bertz CT molecular complexity index is 1090. The minimum atomic E-state index is 0.135. The summed E-state index contributed by atoms with van der Waals surface area (Å²) in [4.78, 5) is 13.1. The van der Waals surface area contributed by atoms with Gasteiger partial charge < -0.3 is 0 Å². The molecule has 1 nitrogen and oxygen atoms in total. The van der Waals surface area contributed by atoms with E-state index in [4.69, 9.17) is 0 Å². The molecule has 4 aromatic carbocycles. The van der Waals surface area contributed by atoms with Gasteiger partial charge in [-0.1, -0.05) is 66.7 Å². The number of hydrogen-bond acceptors (Lipinski definition) is 1. The van der Waals surface area contributed by atoms with E-state index in [9.17, 15) is 4.79 Å². The highest BCUT2D eigenvalue weighted by Crippen LogP contribution is 2.42. The van der Waals surface area contributed by atoms with Crippen molar-refractivity contribution in [1.82, 2.24) is 0 Å². The van der Waals surface area contributed by atoms with Crippen LogP contribution in [0, 0.1) is 0 Å². The first-order chi connectivity index (χ1) is 10.8. The molecule has 0 aliphatic heterocycles. The van der Waals surface area contributed by atoms with Gasteiger partial charge in [0.05, 0.1) is 0 Å². The lowest BCUT2D eigenvalue weighted by molar-refractivity contribution is 0.104. The van der Waals surface area contributed by atoms with Crippen molar-refractivity contribution in [2.24, 2.45) is 0 Å².